The van der Waals surface area contributed by atoms with E-state index >= 15 is 0 Å². The number of rotatable bonds is 6. The van der Waals surface area contributed by atoms with Gasteiger partial charge in [0.15, 0.2) is 0 Å². The van der Waals surface area contributed by atoms with Crippen LogP contribution in [0.15, 0.2) is 18.2 Å². The molecular formula is C16H26N4O. The van der Waals surface area contributed by atoms with Crippen LogP contribution in [0.3, 0.4) is 0 Å². The Balaban J connectivity index is 1.97. The first kappa shape index (κ1) is 15.8. The third-order valence-electron chi connectivity index (χ3n) is 3.96. The number of methoxy groups -OCH3 is 1. The molecule has 0 spiro atoms. The molecular weight excluding hydrogens is 264 g/mol. The highest BCUT2D eigenvalue weighted by molar-refractivity contribution is 5.97. The van der Waals surface area contributed by atoms with Gasteiger partial charge in [0.25, 0.3) is 0 Å². The van der Waals surface area contributed by atoms with E-state index in [-0.39, 0.29) is 5.84 Å². The number of hydrogen-bond donors (Lipinski definition) is 2. The summed E-state index contributed by atoms with van der Waals surface area (Å²) in [6, 6.07) is 5.93. The lowest BCUT2D eigenvalue weighted by Gasteiger charge is -2.34. The van der Waals surface area contributed by atoms with Crippen molar-refractivity contribution in [1.29, 1.82) is 5.41 Å². The van der Waals surface area contributed by atoms with Crippen LogP contribution in [0.25, 0.3) is 0 Å². The van der Waals surface area contributed by atoms with Gasteiger partial charge in [-0.1, -0.05) is 13.0 Å². The van der Waals surface area contributed by atoms with Crippen molar-refractivity contribution in [1.82, 2.24) is 9.80 Å². The van der Waals surface area contributed by atoms with Crippen LogP contribution < -0.4 is 10.5 Å². The third-order valence-corrected chi connectivity index (χ3v) is 3.96. The predicted molar refractivity (Wildman–Crippen MR) is 86.0 cm³/mol. The van der Waals surface area contributed by atoms with E-state index in [0.717, 1.165) is 32.7 Å². The van der Waals surface area contributed by atoms with Crippen molar-refractivity contribution in [2.75, 3.05) is 39.8 Å². The van der Waals surface area contributed by atoms with Crippen molar-refractivity contribution in [3.63, 3.8) is 0 Å². The highest BCUT2D eigenvalue weighted by Crippen LogP contribution is 2.20. The molecule has 5 nitrogen and oxygen atoms in total. The molecule has 3 N–H and O–H groups in total. The van der Waals surface area contributed by atoms with Gasteiger partial charge in [-0.15, -0.1) is 0 Å². The summed E-state index contributed by atoms with van der Waals surface area (Å²) >= 11 is 0. The topological polar surface area (TPSA) is 65.6 Å². The van der Waals surface area contributed by atoms with Crippen molar-refractivity contribution in [3.05, 3.63) is 29.3 Å². The summed E-state index contributed by atoms with van der Waals surface area (Å²) in [4.78, 5) is 4.98. The number of nitrogens with one attached hydrogen (secondary N) is 1. The third kappa shape index (κ3) is 4.19. The zero-order chi connectivity index (χ0) is 15.2. The van der Waals surface area contributed by atoms with Gasteiger partial charge < -0.3 is 15.4 Å². The maximum absolute atomic E-state index is 7.65. The Hall–Kier alpha value is -1.59. The van der Waals surface area contributed by atoms with Crippen LogP contribution in [0, 0.1) is 5.41 Å². The van der Waals surface area contributed by atoms with Crippen molar-refractivity contribution in [3.8, 4) is 5.75 Å². The summed E-state index contributed by atoms with van der Waals surface area (Å²) in [6.07, 6.45) is 1.22. The lowest BCUT2D eigenvalue weighted by Crippen LogP contribution is -2.45. The Kier molecular flexibility index (Phi) is 5.59. The Morgan fingerprint density at radius 2 is 1.90 bits per heavy atom. The fourth-order valence-corrected chi connectivity index (χ4v) is 2.81. The van der Waals surface area contributed by atoms with E-state index in [9.17, 15) is 0 Å². The number of nitrogen functional groups attached to an aromatic ring is 1. The largest absolute Gasteiger partial charge is 0.496 e. The number of benzene rings is 1. The van der Waals surface area contributed by atoms with Crippen LogP contribution in [-0.2, 0) is 6.54 Å². The lowest BCUT2D eigenvalue weighted by atomic mass is 10.1. The number of piperazine rings is 1. The molecule has 2 rings (SSSR count). The molecule has 5 heteroatoms. The summed E-state index contributed by atoms with van der Waals surface area (Å²) in [5, 5.41) is 7.65. The summed E-state index contributed by atoms with van der Waals surface area (Å²) in [5.41, 5.74) is 7.49. The molecule has 1 aliphatic heterocycles. The van der Waals surface area contributed by atoms with E-state index in [1.54, 1.807) is 7.11 Å². The zero-order valence-electron chi connectivity index (χ0n) is 13.1. The van der Waals surface area contributed by atoms with Gasteiger partial charge in [-0.3, -0.25) is 10.3 Å². The van der Waals surface area contributed by atoms with E-state index in [1.807, 2.05) is 12.1 Å². The summed E-state index contributed by atoms with van der Waals surface area (Å²) < 4.78 is 5.25. The number of amidine groups is 1. The van der Waals surface area contributed by atoms with Gasteiger partial charge in [0.05, 0.1) is 12.7 Å². The van der Waals surface area contributed by atoms with E-state index in [0.29, 0.717) is 11.3 Å². The maximum Gasteiger partial charge on any atom is 0.129 e. The summed E-state index contributed by atoms with van der Waals surface area (Å²) in [7, 11) is 1.61. The number of nitrogens with two attached hydrogens (primary N) is 1. The Morgan fingerprint density at radius 1 is 1.24 bits per heavy atom. The van der Waals surface area contributed by atoms with Crippen molar-refractivity contribution in [2.45, 2.75) is 19.9 Å². The van der Waals surface area contributed by atoms with Gasteiger partial charge in [-0.2, -0.15) is 0 Å². The van der Waals surface area contributed by atoms with Gasteiger partial charge in [0.2, 0.25) is 0 Å². The molecule has 21 heavy (non-hydrogen) atoms. The normalized spacial score (nSPS) is 16.9. The van der Waals surface area contributed by atoms with Gasteiger partial charge in [0, 0.05) is 32.7 Å². The first-order valence-electron chi connectivity index (χ1n) is 7.60. The summed E-state index contributed by atoms with van der Waals surface area (Å²) in [5.74, 6) is 0.723. The molecule has 0 aliphatic carbocycles. The average molecular weight is 290 g/mol. The second-order valence-corrected chi connectivity index (χ2v) is 5.57. The van der Waals surface area contributed by atoms with Crippen LogP contribution in [0.5, 0.6) is 5.75 Å². The van der Waals surface area contributed by atoms with E-state index in [2.05, 4.69) is 22.8 Å². The van der Waals surface area contributed by atoms with Crippen molar-refractivity contribution in [2.24, 2.45) is 5.73 Å². The van der Waals surface area contributed by atoms with E-state index in [4.69, 9.17) is 15.9 Å². The molecule has 1 aliphatic rings. The molecule has 1 fully saturated rings. The van der Waals surface area contributed by atoms with Crippen LogP contribution in [-0.4, -0.2) is 55.5 Å². The molecule has 0 aromatic heterocycles. The van der Waals surface area contributed by atoms with Gasteiger partial charge in [0.1, 0.15) is 11.6 Å². The second kappa shape index (κ2) is 7.43. The van der Waals surface area contributed by atoms with Crippen molar-refractivity contribution < 1.29 is 4.74 Å². The quantitative estimate of drug-likeness (QED) is 0.615. The van der Waals surface area contributed by atoms with E-state index < -0.39 is 0 Å². The Labute approximate surface area is 127 Å². The molecule has 1 aromatic rings. The van der Waals surface area contributed by atoms with Crippen LogP contribution >= 0.6 is 0 Å². The van der Waals surface area contributed by atoms with Crippen LogP contribution in [0.1, 0.15) is 24.5 Å². The molecule has 0 amide bonds. The molecule has 0 unspecified atom stereocenters. The fourth-order valence-electron chi connectivity index (χ4n) is 2.81. The minimum absolute atomic E-state index is 0.0569. The maximum atomic E-state index is 7.65. The smallest absolute Gasteiger partial charge is 0.129 e. The van der Waals surface area contributed by atoms with Gasteiger partial charge in [-0.25, -0.2) is 0 Å². The minimum Gasteiger partial charge on any atom is -0.496 e. The van der Waals surface area contributed by atoms with Gasteiger partial charge >= 0.3 is 0 Å². The Bertz CT molecular complexity index is 481. The molecule has 0 bridgehead atoms. The SMILES string of the molecule is CCCN1CCN(Cc2ccc(OC)c(C(=N)N)c2)CC1. The molecule has 1 heterocycles. The predicted octanol–water partition coefficient (Wildman–Crippen LogP) is 1.51. The zero-order valence-corrected chi connectivity index (χ0v) is 13.1. The summed E-state index contributed by atoms with van der Waals surface area (Å²) in [6.45, 7) is 8.82. The molecule has 116 valence electrons. The van der Waals surface area contributed by atoms with Crippen molar-refractivity contribution >= 4 is 5.84 Å². The highest BCUT2D eigenvalue weighted by Gasteiger charge is 2.17. The Morgan fingerprint density at radius 3 is 2.48 bits per heavy atom. The number of ether oxygens (including phenoxy) is 1. The first-order chi connectivity index (χ1) is 10.1. The highest BCUT2D eigenvalue weighted by atomic mass is 16.5. The molecule has 0 radical (unpaired) electrons. The number of nitrogens with zero attached hydrogens (tertiary/aromatic N) is 2. The first-order valence-corrected chi connectivity index (χ1v) is 7.60. The minimum atomic E-state index is 0.0569. The number of hydrogen-bond acceptors (Lipinski definition) is 4. The monoisotopic (exact) mass is 290 g/mol. The molecule has 1 aromatic carbocycles. The lowest BCUT2D eigenvalue weighted by molar-refractivity contribution is 0.127. The van der Waals surface area contributed by atoms with E-state index in [1.165, 1.54) is 18.5 Å². The molecule has 0 saturated carbocycles. The fraction of sp³-hybridized carbons (Fsp3) is 0.562. The van der Waals surface area contributed by atoms with Gasteiger partial charge in [-0.05, 0) is 30.7 Å². The van der Waals surface area contributed by atoms with Crippen LogP contribution in [0.2, 0.25) is 0 Å². The standard InChI is InChI=1S/C16H26N4O/c1-3-6-19-7-9-20(10-8-19)12-13-4-5-15(21-2)14(11-13)16(17)18/h4-5,11H,3,6-10,12H2,1-2H3,(H3,17,18). The second-order valence-electron chi connectivity index (χ2n) is 5.57. The average Bonchev–Trinajstić information content (AvgIpc) is 2.49. The molecule has 1 saturated heterocycles. The van der Waals surface area contributed by atoms with Crippen LogP contribution in [0.4, 0.5) is 0 Å². The molecule has 0 atom stereocenters.